The van der Waals surface area contributed by atoms with Crippen molar-refractivity contribution in [3.8, 4) is 0 Å². The fourth-order valence-electron chi connectivity index (χ4n) is 3.45. The van der Waals surface area contributed by atoms with Crippen molar-refractivity contribution in [3.63, 3.8) is 0 Å². The molecule has 1 aromatic rings. The highest BCUT2D eigenvalue weighted by molar-refractivity contribution is 8.01. The molecule has 2 fully saturated rings. The van der Waals surface area contributed by atoms with E-state index in [1.54, 1.807) is 4.90 Å². The first-order chi connectivity index (χ1) is 12.6. The molecule has 1 saturated heterocycles. The highest BCUT2D eigenvalue weighted by Crippen LogP contribution is 2.37. The third-order valence-corrected chi connectivity index (χ3v) is 6.48. The first-order valence-corrected chi connectivity index (χ1v) is 10.1. The minimum absolute atomic E-state index is 0.00178. The van der Waals surface area contributed by atoms with Crippen LogP contribution in [0.1, 0.15) is 32.1 Å². The zero-order valence-corrected chi connectivity index (χ0v) is 15.4. The standard InChI is InChI=1S/C19H23N3O3S/c23-17(11-16-19(25)21-14-3-1-2-4-15(14)26-16)22-9-7-12(8-10-22)18(24)20-13-5-6-13/h1-4,12-13,16H,5-11H2,(H,20,24)(H,21,25). The number of nitrogens with zero attached hydrogens (tertiary/aromatic N) is 1. The second-order valence-corrected chi connectivity index (χ2v) is 8.48. The molecule has 2 aliphatic heterocycles. The summed E-state index contributed by atoms with van der Waals surface area (Å²) in [6, 6.07) is 8.03. The smallest absolute Gasteiger partial charge is 0.238 e. The van der Waals surface area contributed by atoms with Gasteiger partial charge in [0.25, 0.3) is 0 Å². The fourth-order valence-corrected chi connectivity index (χ4v) is 4.55. The molecule has 138 valence electrons. The van der Waals surface area contributed by atoms with Gasteiger partial charge in [-0.05, 0) is 37.8 Å². The number of anilines is 1. The molecule has 2 heterocycles. The monoisotopic (exact) mass is 373 g/mol. The summed E-state index contributed by atoms with van der Waals surface area (Å²) in [6.07, 6.45) is 3.79. The van der Waals surface area contributed by atoms with Crippen LogP contribution in [0.4, 0.5) is 5.69 Å². The average molecular weight is 373 g/mol. The van der Waals surface area contributed by atoms with Crippen LogP contribution in [-0.2, 0) is 14.4 Å². The SMILES string of the molecule is O=C(NC1CC1)C1CCN(C(=O)CC2Sc3ccccc3NC2=O)CC1. The number of hydrogen-bond acceptors (Lipinski definition) is 4. The van der Waals surface area contributed by atoms with Crippen molar-refractivity contribution >= 4 is 35.2 Å². The second kappa shape index (κ2) is 7.31. The van der Waals surface area contributed by atoms with E-state index in [0.29, 0.717) is 32.0 Å². The predicted molar refractivity (Wildman–Crippen MR) is 99.8 cm³/mol. The summed E-state index contributed by atoms with van der Waals surface area (Å²) >= 11 is 1.45. The normalized spacial score (nSPS) is 23.2. The Kier molecular flexibility index (Phi) is 4.89. The van der Waals surface area contributed by atoms with Gasteiger partial charge in [-0.2, -0.15) is 0 Å². The van der Waals surface area contributed by atoms with E-state index in [-0.39, 0.29) is 30.1 Å². The molecule has 2 N–H and O–H groups in total. The lowest BCUT2D eigenvalue weighted by Crippen LogP contribution is -2.44. The molecule has 1 aromatic carbocycles. The molecule has 3 amide bonds. The molecule has 0 bridgehead atoms. The van der Waals surface area contributed by atoms with E-state index in [4.69, 9.17) is 0 Å². The number of likely N-dealkylation sites (tertiary alicyclic amines) is 1. The number of thioether (sulfide) groups is 1. The summed E-state index contributed by atoms with van der Waals surface area (Å²) in [7, 11) is 0. The van der Waals surface area contributed by atoms with E-state index in [2.05, 4.69) is 10.6 Å². The number of piperidine rings is 1. The van der Waals surface area contributed by atoms with E-state index >= 15 is 0 Å². The zero-order valence-electron chi connectivity index (χ0n) is 14.6. The Morgan fingerprint density at radius 3 is 2.62 bits per heavy atom. The van der Waals surface area contributed by atoms with Gasteiger partial charge in [-0.25, -0.2) is 0 Å². The van der Waals surface area contributed by atoms with Gasteiger partial charge in [-0.3, -0.25) is 14.4 Å². The van der Waals surface area contributed by atoms with Crippen LogP contribution in [0.15, 0.2) is 29.2 Å². The van der Waals surface area contributed by atoms with Crippen LogP contribution in [0, 0.1) is 5.92 Å². The Balaban J connectivity index is 1.29. The Bertz CT molecular complexity index is 726. The van der Waals surface area contributed by atoms with E-state index in [1.807, 2.05) is 24.3 Å². The molecule has 4 rings (SSSR count). The summed E-state index contributed by atoms with van der Waals surface area (Å²) in [4.78, 5) is 39.8. The van der Waals surface area contributed by atoms with Gasteiger partial charge in [0.15, 0.2) is 0 Å². The van der Waals surface area contributed by atoms with Gasteiger partial charge in [-0.1, -0.05) is 12.1 Å². The lowest BCUT2D eigenvalue weighted by atomic mass is 9.95. The number of para-hydroxylation sites is 1. The molecule has 3 aliphatic rings. The first-order valence-electron chi connectivity index (χ1n) is 9.25. The van der Waals surface area contributed by atoms with Crippen molar-refractivity contribution in [2.24, 2.45) is 5.92 Å². The summed E-state index contributed by atoms with van der Waals surface area (Å²) in [5, 5.41) is 5.54. The number of fused-ring (bicyclic) bond motifs is 1. The molecule has 0 radical (unpaired) electrons. The van der Waals surface area contributed by atoms with Gasteiger partial charge in [0.05, 0.1) is 10.9 Å². The molecule has 1 unspecified atom stereocenters. The summed E-state index contributed by atoms with van der Waals surface area (Å²) < 4.78 is 0. The van der Waals surface area contributed by atoms with E-state index < -0.39 is 5.25 Å². The van der Waals surface area contributed by atoms with Crippen LogP contribution < -0.4 is 10.6 Å². The van der Waals surface area contributed by atoms with Gasteiger partial charge in [0.1, 0.15) is 0 Å². The van der Waals surface area contributed by atoms with Gasteiger partial charge >= 0.3 is 0 Å². The number of nitrogens with one attached hydrogen (secondary N) is 2. The first kappa shape index (κ1) is 17.4. The fraction of sp³-hybridized carbons (Fsp3) is 0.526. The van der Waals surface area contributed by atoms with Crippen molar-refractivity contribution in [1.82, 2.24) is 10.2 Å². The quantitative estimate of drug-likeness (QED) is 0.846. The molecular formula is C19H23N3O3S. The number of amides is 3. The number of benzene rings is 1. The van der Waals surface area contributed by atoms with Crippen molar-refractivity contribution in [3.05, 3.63) is 24.3 Å². The summed E-state index contributed by atoms with van der Waals surface area (Å²) in [6.45, 7) is 1.19. The number of carbonyl (C=O) groups excluding carboxylic acids is 3. The van der Waals surface area contributed by atoms with E-state index in [1.165, 1.54) is 11.8 Å². The molecule has 1 aliphatic carbocycles. The highest BCUT2D eigenvalue weighted by atomic mass is 32.2. The lowest BCUT2D eigenvalue weighted by molar-refractivity contribution is -0.136. The van der Waals surface area contributed by atoms with Crippen LogP contribution in [0.3, 0.4) is 0 Å². The molecule has 7 heteroatoms. The van der Waals surface area contributed by atoms with Gasteiger partial charge in [0, 0.05) is 36.4 Å². The molecule has 0 aromatic heterocycles. The maximum absolute atomic E-state index is 12.6. The Morgan fingerprint density at radius 1 is 1.15 bits per heavy atom. The number of hydrogen-bond donors (Lipinski definition) is 2. The van der Waals surface area contributed by atoms with Gasteiger partial charge < -0.3 is 15.5 Å². The van der Waals surface area contributed by atoms with Gasteiger partial charge in [-0.15, -0.1) is 11.8 Å². The zero-order chi connectivity index (χ0) is 18.1. The topological polar surface area (TPSA) is 78.5 Å². The summed E-state index contributed by atoms with van der Waals surface area (Å²) in [5.41, 5.74) is 0.814. The highest BCUT2D eigenvalue weighted by Gasteiger charge is 2.34. The molecule has 0 spiro atoms. The molecule has 6 nitrogen and oxygen atoms in total. The maximum Gasteiger partial charge on any atom is 0.238 e. The third kappa shape index (κ3) is 3.87. The molecule has 26 heavy (non-hydrogen) atoms. The lowest BCUT2D eigenvalue weighted by Gasteiger charge is -2.32. The third-order valence-electron chi connectivity index (χ3n) is 5.21. The summed E-state index contributed by atoms with van der Waals surface area (Å²) in [5.74, 6) is 0.0381. The van der Waals surface area contributed by atoms with Crippen molar-refractivity contribution < 1.29 is 14.4 Å². The Hall–Kier alpha value is -2.02. The average Bonchev–Trinajstić information content (AvgIpc) is 3.46. The number of rotatable bonds is 4. The molecule has 1 saturated carbocycles. The van der Waals surface area contributed by atoms with Crippen molar-refractivity contribution in [2.75, 3.05) is 18.4 Å². The van der Waals surface area contributed by atoms with Gasteiger partial charge in [0.2, 0.25) is 17.7 Å². The van der Waals surface area contributed by atoms with Crippen LogP contribution in [0.2, 0.25) is 0 Å². The maximum atomic E-state index is 12.6. The van der Waals surface area contributed by atoms with Crippen LogP contribution in [0.5, 0.6) is 0 Å². The Labute approximate surface area is 157 Å². The van der Waals surface area contributed by atoms with Crippen molar-refractivity contribution in [2.45, 2.75) is 48.3 Å². The van der Waals surface area contributed by atoms with Crippen LogP contribution >= 0.6 is 11.8 Å². The predicted octanol–water partition coefficient (Wildman–Crippen LogP) is 2.01. The molecule has 1 atom stereocenters. The number of carbonyl (C=O) groups is 3. The van der Waals surface area contributed by atoms with Crippen LogP contribution in [0.25, 0.3) is 0 Å². The molecular weight excluding hydrogens is 350 g/mol. The second-order valence-electron chi connectivity index (χ2n) is 7.23. The van der Waals surface area contributed by atoms with Crippen LogP contribution in [-0.4, -0.2) is 47.0 Å². The largest absolute Gasteiger partial charge is 0.353 e. The van der Waals surface area contributed by atoms with E-state index in [9.17, 15) is 14.4 Å². The Morgan fingerprint density at radius 2 is 1.88 bits per heavy atom. The minimum atomic E-state index is -0.395. The van der Waals surface area contributed by atoms with E-state index in [0.717, 1.165) is 23.4 Å². The van der Waals surface area contributed by atoms with Crippen molar-refractivity contribution in [1.29, 1.82) is 0 Å². The minimum Gasteiger partial charge on any atom is -0.353 e.